The number of piperidine rings is 1. The molecule has 2 aromatic rings. The Morgan fingerprint density at radius 3 is 2.96 bits per heavy atom. The van der Waals surface area contributed by atoms with Gasteiger partial charge in [0.25, 0.3) is 5.91 Å². The number of carbonyl (C=O) groups excluding carboxylic acids is 2. The van der Waals surface area contributed by atoms with Crippen LogP contribution >= 0.6 is 0 Å². The molecule has 1 saturated heterocycles. The summed E-state index contributed by atoms with van der Waals surface area (Å²) in [5, 5.41) is 3.05. The SMILES string of the molecule is Cc1cn2ccc(C(=O)N3CCCC(C(=O)NCC4CC4)C3)cc2n1. The third-order valence-electron chi connectivity index (χ3n) is 5.17. The van der Waals surface area contributed by atoms with Crippen LogP contribution in [0.15, 0.2) is 24.5 Å². The molecule has 6 heteroatoms. The average molecular weight is 340 g/mol. The lowest BCUT2D eigenvalue weighted by molar-refractivity contribution is -0.126. The number of nitrogens with zero attached hydrogens (tertiary/aromatic N) is 3. The van der Waals surface area contributed by atoms with E-state index in [4.69, 9.17) is 0 Å². The highest BCUT2D eigenvalue weighted by molar-refractivity contribution is 5.95. The normalized spacial score (nSPS) is 20.7. The van der Waals surface area contributed by atoms with E-state index in [9.17, 15) is 9.59 Å². The van der Waals surface area contributed by atoms with E-state index in [1.165, 1.54) is 12.8 Å². The van der Waals surface area contributed by atoms with E-state index in [1.54, 1.807) is 0 Å². The maximum absolute atomic E-state index is 12.9. The minimum atomic E-state index is -0.0890. The molecule has 2 amide bonds. The molecule has 4 rings (SSSR count). The number of amides is 2. The van der Waals surface area contributed by atoms with Gasteiger partial charge in [0.2, 0.25) is 5.91 Å². The van der Waals surface area contributed by atoms with Gasteiger partial charge in [0.1, 0.15) is 5.65 Å². The molecule has 2 aliphatic rings. The van der Waals surface area contributed by atoms with E-state index in [0.717, 1.165) is 30.7 Å². The Hall–Kier alpha value is -2.37. The number of imidazole rings is 1. The second-order valence-corrected chi connectivity index (χ2v) is 7.34. The van der Waals surface area contributed by atoms with Crippen LogP contribution in [-0.4, -0.2) is 45.7 Å². The minimum absolute atomic E-state index is 0.0113. The second-order valence-electron chi connectivity index (χ2n) is 7.34. The maximum Gasteiger partial charge on any atom is 0.254 e. The molecule has 25 heavy (non-hydrogen) atoms. The highest BCUT2D eigenvalue weighted by atomic mass is 16.2. The largest absolute Gasteiger partial charge is 0.356 e. The quantitative estimate of drug-likeness (QED) is 0.926. The van der Waals surface area contributed by atoms with E-state index < -0.39 is 0 Å². The number of rotatable bonds is 4. The Morgan fingerprint density at radius 2 is 2.16 bits per heavy atom. The number of aromatic nitrogens is 2. The summed E-state index contributed by atoms with van der Waals surface area (Å²) < 4.78 is 1.91. The van der Waals surface area contributed by atoms with Crippen LogP contribution in [0.5, 0.6) is 0 Å². The summed E-state index contributed by atoms with van der Waals surface area (Å²) in [6, 6.07) is 3.65. The number of likely N-dealkylation sites (tertiary alicyclic amines) is 1. The van der Waals surface area contributed by atoms with Gasteiger partial charge in [-0.25, -0.2) is 4.98 Å². The molecular formula is C19H24N4O2. The van der Waals surface area contributed by atoms with Crippen LogP contribution < -0.4 is 5.32 Å². The van der Waals surface area contributed by atoms with Crippen LogP contribution in [-0.2, 0) is 4.79 Å². The van der Waals surface area contributed by atoms with Crippen molar-refractivity contribution in [1.29, 1.82) is 0 Å². The summed E-state index contributed by atoms with van der Waals surface area (Å²) in [4.78, 5) is 31.4. The summed E-state index contributed by atoms with van der Waals surface area (Å²) in [7, 11) is 0. The Labute approximate surface area is 147 Å². The first-order valence-electron chi connectivity index (χ1n) is 9.12. The summed E-state index contributed by atoms with van der Waals surface area (Å²) >= 11 is 0. The lowest BCUT2D eigenvalue weighted by atomic mass is 9.96. The van der Waals surface area contributed by atoms with Crippen LogP contribution in [0.4, 0.5) is 0 Å². The van der Waals surface area contributed by atoms with Gasteiger partial charge in [0.05, 0.1) is 11.6 Å². The molecule has 6 nitrogen and oxygen atoms in total. The van der Waals surface area contributed by atoms with Crippen LogP contribution in [0.2, 0.25) is 0 Å². The Morgan fingerprint density at radius 1 is 1.32 bits per heavy atom. The molecule has 0 radical (unpaired) electrons. The van der Waals surface area contributed by atoms with Crippen LogP contribution in [0.1, 0.15) is 41.7 Å². The van der Waals surface area contributed by atoms with Crippen molar-refractivity contribution in [3.8, 4) is 0 Å². The van der Waals surface area contributed by atoms with Gasteiger partial charge in [0, 0.05) is 37.6 Å². The van der Waals surface area contributed by atoms with Crippen molar-refractivity contribution in [2.45, 2.75) is 32.6 Å². The number of fused-ring (bicyclic) bond motifs is 1. The smallest absolute Gasteiger partial charge is 0.254 e. The first-order valence-corrected chi connectivity index (χ1v) is 9.12. The van der Waals surface area contributed by atoms with E-state index in [0.29, 0.717) is 24.6 Å². The zero-order chi connectivity index (χ0) is 17.4. The molecule has 1 N–H and O–H groups in total. The molecule has 2 aromatic heterocycles. The highest BCUT2D eigenvalue weighted by Crippen LogP contribution is 2.28. The number of carbonyl (C=O) groups is 2. The molecule has 1 saturated carbocycles. The third kappa shape index (κ3) is 3.52. The number of aryl methyl sites for hydroxylation is 1. The number of hydrogen-bond donors (Lipinski definition) is 1. The maximum atomic E-state index is 12.9. The molecular weight excluding hydrogens is 316 g/mol. The van der Waals surface area contributed by atoms with Crippen molar-refractivity contribution in [2.75, 3.05) is 19.6 Å². The van der Waals surface area contributed by atoms with Gasteiger partial charge in [-0.05, 0) is 50.7 Å². The zero-order valence-corrected chi connectivity index (χ0v) is 14.6. The van der Waals surface area contributed by atoms with E-state index in [1.807, 2.05) is 40.8 Å². The summed E-state index contributed by atoms with van der Waals surface area (Å²) in [6.45, 7) is 3.95. The van der Waals surface area contributed by atoms with Gasteiger partial charge < -0.3 is 14.6 Å². The molecule has 1 aliphatic carbocycles. The fourth-order valence-electron chi connectivity index (χ4n) is 3.51. The van der Waals surface area contributed by atoms with Gasteiger partial charge >= 0.3 is 0 Å². The number of pyridine rings is 1. The summed E-state index contributed by atoms with van der Waals surface area (Å²) in [5.74, 6) is 0.676. The second kappa shape index (κ2) is 6.50. The van der Waals surface area contributed by atoms with Gasteiger partial charge in [0.15, 0.2) is 0 Å². The Kier molecular flexibility index (Phi) is 4.19. The predicted molar refractivity (Wildman–Crippen MR) is 94.3 cm³/mol. The first kappa shape index (κ1) is 16.1. The molecule has 0 spiro atoms. The van der Waals surface area contributed by atoms with Crippen molar-refractivity contribution in [1.82, 2.24) is 19.6 Å². The van der Waals surface area contributed by atoms with Gasteiger partial charge in [-0.3, -0.25) is 9.59 Å². The average Bonchev–Trinajstić information content (AvgIpc) is 3.38. The first-order chi connectivity index (χ1) is 12.1. The number of hydrogen-bond acceptors (Lipinski definition) is 3. The molecule has 1 aliphatic heterocycles. The molecule has 1 unspecified atom stereocenters. The lowest BCUT2D eigenvalue weighted by Crippen LogP contribution is -2.45. The Bertz CT molecular complexity index is 809. The minimum Gasteiger partial charge on any atom is -0.356 e. The van der Waals surface area contributed by atoms with Crippen molar-refractivity contribution in [3.63, 3.8) is 0 Å². The van der Waals surface area contributed by atoms with Crippen LogP contribution in [0.25, 0.3) is 5.65 Å². The topological polar surface area (TPSA) is 66.7 Å². The van der Waals surface area contributed by atoms with E-state index in [-0.39, 0.29) is 17.7 Å². The predicted octanol–water partition coefficient (Wildman–Crippen LogP) is 2.02. The zero-order valence-electron chi connectivity index (χ0n) is 14.6. The van der Waals surface area contributed by atoms with Crippen LogP contribution in [0, 0.1) is 18.8 Å². The Balaban J connectivity index is 1.43. The molecule has 3 heterocycles. The lowest BCUT2D eigenvalue weighted by Gasteiger charge is -2.32. The highest BCUT2D eigenvalue weighted by Gasteiger charge is 2.30. The standard InChI is InChI=1S/C19H24N4O2/c1-13-11-22-8-6-15(9-17(22)21-13)19(25)23-7-2-3-16(12-23)18(24)20-10-14-4-5-14/h6,8-9,11,14,16H,2-5,7,10,12H2,1H3,(H,20,24). The van der Waals surface area contributed by atoms with E-state index in [2.05, 4.69) is 10.3 Å². The van der Waals surface area contributed by atoms with E-state index >= 15 is 0 Å². The monoisotopic (exact) mass is 340 g/mol. The fraction of sp³-hybridized carbons (Fsp3) is 0.526. The van der Waals surface area contributed by atoms with Gasteiger partial charge in [-0.1, -0.05) is 0 Å². The molecule has 2 fully saturated rings. The van der Waals surface area contributed by atoms with Crippen molar-refractivity contribution in [3.05, 3.63) is 35.8 Å². The molecule has 132 valence electrons. The summed E-state index contributed by atoms with van der Waals surface area (Å²) in [5.41, 5.74) is 2.34. The summed E-state index contributed by atoms with van der Waals surface area (Å²) in [6.07, 6.45) is 7.99. The number of nitrogens with one attached hydrogen (secondary N) is 1. The van der Waals surface area contributed by atoms with Crippen molar-refractivity contribution in [2.24, 2.45) is 11.8 Å². The van der Waals surface area contributed by atoms with Gasteiger partial charge in [-0.2, -0.15) is 0 Å². The molecule has 0 bridgehead atoms. The van der Waals surface area contributed by atoms with Gasteiger partial charge in [-0.15, -0.1) is 0 Å². The third-order valence-corrected chi connectivity index (χ3v) is 5.17. The molecule has 1 atom stereocenters. The van der Waals surface area contributed by atoms with Crippen molar-refractivity contribution >= 4 is 17.5 Å². The van der Waals surface area contributed by atoms with Crippen molar-refractivity contribution < 1.29 is 9.59 Å². The fourth-order valence-corrected chi connectivity index (χ4v) is 3.51. The van der Waals surface area contributed by atoms with Crippen LogP contribution in [0.3, 0.4) is 0 Å². The molecule has 0 aromatic carbocycles.